The summed E-state index contributed by atoms with van der Waals surface area (Å²) in [4.78, 5) is 14.6. The molecule has 0 fully saturated rings. The van der Waals surface area contributed by atoms with Crippen LogP contribution in [0, 0.1) is 0 Å². The number of hydrogen-bond acceptors (Lipinski definition) is 3. The molecule has 4 nitrogen and oxygen atoms in total. The lowest BCUT2D eigenvalue weighted by molar-refractivity contribution is 0.0955. The number of fused-ring (bicyclic) bond motifs is 1. The van der Waals surface area contributed by atoms with Gasteiger partial charge >= 0.3 is 0 Å². The molecule has 1 amide bonds. The minimum atomic E-state index is -0.385. The molecule has 0 radical (unpaired) electrons. The molecule has 1 aliphatic rings. The summed E-state index contributed by atoms with van der Waals surface area (Å²) in [6.07, 6.45) is 3.79. The zero-order chi connectivity index (χ0) is 21.3. The first kappa shape index (κ1) is 21.7. The van der Waals surface area contributed by atoms with Crippen molar-refractivity contribution in [2.24, 2.45) is 5.10 Å². The van der Waals surface area contributed by atoms with Gasteiger partial charge in [-0.2, -0.15) is 5.10 Å². The van der Waals surface area contributed by atoms with Crippen LogP contribution in [0.4, 0.5) is 5.69 Å². The number of nitrogens with one attached hydrogen (secondary N) is 1. The molecule has 7 heteroatoms. The quantitative estimate of drug-likeness (QED) is 0.431. The smallest absolute Gasteiger partial charge is 0.271 e. The number of benzene rings is 2. The number of likely N-dealkylation sites (N-methyl/N-ethyl adjacent to an activating group) is 1. The van der Waals surface area contributed by atoms with Crippen LogP contribution in [0.1, 0.15) is 49.2 Å². The van der Waals surface area contributed by atoms with Crippen molar-refractivity contribution in [2.45, 2.75) is 33.2 Å². The molecule has 0 atom stereocenters. The van der Waals surface area contributed by atoms with E-state index in [1.165, 1.54) is 11.6 Å². The average Bonchev–Trinajstić information content (AvgIpc) is 2.64. The first-order valence-electron chi connectivity index (χ1n) is 9.23. The Balaban J connectivity index is 1.84. The predicted molar refractivity (Wildman–Crippen MR) is 124 cm³/mol. The highest BCUT2D eigenvalue weighted by Crippen LogP contribution is 2.40. The van der Waals surface area contributed by atoms with Crippen molar-refractivity contribution in [3.8, 4) is 0 Å². The van der Waals surface area contributed by atoms with Gasteiger partial charge in [0.2, 0.25) is 0 Å². The fraction of sp³-hybridized carbons (Fsp3) is 0.273. The van der Waals surface area contributed by atoms with E-state index in [9.17, 15) is 4.79 Å². The third-order valence-corrected chi connectivity index (χ3v) is 6.03. The fourth-order valence-electron chi connectivity index (χ4n) is 3.65. The van der Waals surface area contributed by atoms with Gasteiger partial charge < -0.3 is 4.90 Å². The zero-order valence-electron chi connectivity index (χ0n) is 16.7. The van der Waals surface area contributed by atoms with Gasteiger partial charge in [-0.15, -0.1) is 0 Å². The Bertz CT molecular complexity index is 1030. The summed E-state index contributed by atoms with van der Waals surface area (Å²) in [5, 5.41) is 5.33. The molecule has 3 rings (SSSR count). The van der Waals surface area contributed by atoms with Crippen molar-refractivity contribution >= 4 is 58.2 Å². The first-order valence-corrected chi connectivity index (χ1v) is 10.4. The van der Waals surface area contributed by atoms with E-state index in [0.717, 1.165) is 23.4 Å². The maximum absolute atomic E-state index is 12.2. The van der Waals surface area contributed by atoms with Crippen LogP contribution in [0.25, 0.3) is 5.57 Å². The standard InChI is InChI=1S/C22H22Cl3N3O/c1-5-28-20-10-18(24)15(8-16(20)13(2)11-22(28,3)4)12-26-27-21(29)14-6-7-17(23)19(25)9-14/h6-12H,5H2,1-4H3,(H,27,29)/b26-12-. The molecule has 0 aromatic heterocycles. The Kier molecular flexibility index (Phi) is 6.27. The fourth-order valence-corrected chi connectivity index (χ4v) is 4.16. The second-order valence-electron chi connectivity index (χ2n) is 7.44. The van der Waals surface area contributed by atoms with Crippen molar-refractivity contribution in [3.63, 3.8) is 0 Å². The van der Waals surface area contributed by atoms with Crippen molar-refractivity contribution in [2.75, 3.05) is 11.4 Å². The molecule has 152 valence electrons. The molecule has 1 heterocycles. The number of allylic oxidation sites excluding steroid dienone is 1. The van der Waals surface area contributed by atoms with Crippen LogP contribution >= 0.6 is 34.8 Å². The molecule has 29 heavy (non-hydrogen) atoms. The number of hydrazone groups is 1. The molecule has 1 N–H and O–H groups in total. The highest BCUT2D eigenvalue weighted by molar-refractivity contribution is 6.42. The van der Waals surface area contributed by atoms with Crippen molar-refractivity contribution in [3.05, 3.63) is 68.2 Å². The van der Waals surface area contributed by atoms with Crippen LogP contribution in [-0.4, -0.2) is 24.2 Å². The van der Waals surface area contributed by atoms with Crippen LogP contribution in [-0.2, 0) is 0 Å². The summed E-state index contributed by atoms with van der Waals surface area (Å²) >= 11 is 18.3. The molecular formula is C22H22Cl3N3O. The van der Waals surface area contributed by atoms with Gasteiger partial charge in [-0.3, -0.25) is 4.79 Å². The number of carbonyl (C=O) groups is 1. The molecule has 0 saturated heterocycles. The highest BCUT2D eigenvalue weighted by atomic mass is 35.5. The van der Waals surface area contributed by atoms with E-state index in [1.807, 2.05) is 12.1 Å². The second kappa shape index (κ2) is 8.39. The van der Waals surface area contributed by atoms with Crippen LogP contribution in [0.3, 0.4) is 0 Å². The summed E-state index contributed by atoms with van der Waals surface area (Å²) in [5.41, 5.74) is 6.88. The lowest BCUT2D eigenvalue weighted by Crippen LogP contribution is -2.44. The number of nitrogens with zero attached hydrogens (tertiary/aromatic N) is 2. The molecule has 0 aliphatic carbocycles. The summed E-state index contributed by atoms with van der Waals surface area (Å²) in [5.74, 6) is -0.385. The lowest BCUT2D eigenvalue weighted by atomic mass is 9.88. The third-order valence-electron chi connectivity index (χ3n) is 4.96. The molecule has 0 spiro atoms. The molecule has 0 bridgehead atoms. The molecule has 2 aromatic rings. The van der Waals surface area contributed by atoms with Gasteiger partial charge in [-0.25, -0.2) is 5.43 Å². The topological polar surface area (TPSA) is 44.7 Å². The SMILES string of the molecule is CCN1c2cc(Cl)c(/C=N\NC(=O)c3ccc(Cl)c(Cl)c3)cc2C(C)=CC1(C)C. The van der Waals surface area contributed by atoms with E-state index in [4.69, 9.17) is 34.8 Å². The summed E-state index contributed by atoms with van der Waals surface area (Å²) in [7, 11) is 0. The van der Waals surface area contributed by atoms with Crippen LogP contribution in [0.2, 0.25) is 15.1 Å². The summed E-state index contributed by atoms with van der Waals surface area (Å²) < 4.78 is 0. The van der Waals surface area contributed by atoms with Gasteiger partial charge in [-0.05, 0) is 63.6 Å². The van der Waals surface area contributed by atoms with E-state index in [-0.39, 0.29) is 11.4 Å². The van der Waals surface area contributed by atoms with Gasteiger partial charge in [0.1, 0.15) is 0 Å². The number of anilines is 1. The Morgan fingerprint density at radius 2 is 1.86 bits per heavy atom. The maximum atomic E-state index is 12.2. The highest BCUT2D eigenvalue weighted by Gasteiger charge is 2.30. The molecule has 0 saturated carbocycles. The van der Waals surface area contributed by atoms with E-state index in [1.54, 1.807) is 18.3 Å². The Morgan fingerprint density at radius 1 is 1.14 bits per heavy atom. The molecule has 0 unspecified atom stereocenters. The van der Waals surface area contributed by atoms with E-state index >= 15 is 0 Å². The zero-order valence-corrected chi connectivity index (χ0v) is 19.0. The maximum Gasteiger partial charge on any atom is 0.271 e. The average molecular weight is 451 g/mol. The van der Waals surface area contributed by atoms with Gasteiger partial charge in [0.15, 0.2) is 0 Å². The number of carbonyl (C=O) groups excluding carboxylic acids is 1. The van der Waals surface area contributed by atoms with Crippen LogP contribution in [0.5, 0.6) is 0 Å². The van der Waals surface area contributed by atoms with Gasteiger partial charge in [-0.1, -0.05) is 40.9 Å². The Morgan fingerprint density at radius 3 is 2.52 bits per heavy atom. The normalized spacial score (nSPS) is 15.3. The summed E-state index contributed by atoms with van der Waals surface area (Å²) in [6, 6.07) is 8.60. The van der Waals surface area contributed by atoms with E-state index in [0.29, 0.717) is 20.6 Å². The van der Waals surface area contributed by atoms with Crippen molar-refractivity contribution < 1.29 is 4.79 Å². The van der Waals surface area contributed by atoms with Crippen LogP contribution in [0.15, 0.2) is 41.5 Å². The van der Waals surface area contributed by atoms with Crippen LogP contribution < -0.4 is 10.3 Å². The molecule has 2 aromatic carbocycles. The molecular weight excluding hydrogens is 429 g/mol. The largest absolute Gasteiger partial charge is 0.363 e. The lowest BCUT2D eigenvalue weighted by Gasteiger charge is -2.43. The van der Waals surface area contributed by atoms with Gasteiger partial charge in [0, 0.05) is 28.9 Å². The van der Waals surface area contributed by atoms with Gasteiger partial charge in [0.05, 0.1) is 26.8 Å². The molecule has 1 aliphatic heterocycles. The number of halogens is 3. The first-order chi connectivity index (χ1) is 13.6. The van der Waals surface area contributed by atoms with Crippen molar-refractivity contribution in [1.29, 1.82) is 0 Å². The Labute approximate surface area is 186 Å². The number of rotatable bonds is 4. The van der Waals surface area contributed by atoms with E-state index in [2.05, 4.69) is 49.2 Å². The third kappa shape index (κ3) is 4.45. The minimum absolute atomic E-state index is 0.0847. The number of hydrogen-bond donors (Lipinski definition) is 1. The number of amides is 1. The monoisotopic (exact) mass is 449 g/mol. The second-order valence-corrected chi connectivity index (χ2v) is 8.67. The predicted octanol–water partition coefficient (Wildman–Crippen LogP) is 6.43. The van der Waals surface area contributed by atoms with Gasteiger partial charge in [0.25, 0.3) is 5.91 Å². The van der Waals surface area contributed by atoms with E-state index < -0.39 is 0 Å². The summed E-state index contributed by atoms with van der Waals surface area (Å²) in [6.45, 7) is 9.46. The Hall–Kier alpha value is -2.01. The minimum Gasteiger partial charge on any atom is -0.363 e. The van der Waals surface area contributed by atoms with Crippen molar-refractivity contribution in [1.82, 2.24) is 5.43 Å².